The molecular weight excluding hydrogens is 206 g/mol. The molecule has 6 nitrogen and oxygen atoms in total. The van der Waals surface area contributed by atoms with Crippen LogP contribution in [0.1, 0.15) is 6.42 Å². The van der Waals surface area contributed by atoms with Crippen molar-refractivity contribution in [2.24, 2.45) is 0 Å². The van der Waals surface area contributed by atoms with E-state index in [1.165, 1.54) is 0 Å². The van der Waals surface area contributed by atoms with Crippen molar-refractivity contribution in [3.8, 4) is 0 Å². The van der Waals surface area contributed by atoms with Gasteiger partial charge in [0.1, 0.15) is 0 Å². The molecule has 0 aromatic carbocycles. The highest BCUT2D eigenvalue weighted by molar-refractivity contribution is 7.88. The molecule has 0 aliphatic carbocycles. The largest absolute Gasteiger partial charge is 0.286 e. The maximum atomic E-state index is 10.4. The number of hydrogen-bond acceptors (Lipinski definition) is 4. The molecule has 0 rings (SSSR count). The zero-order chi connectivity index (χ0) is 9.83. The zero-order valence-corrected chi connectivity index (χ0v) is 8.15. The first-order chi connectivity index (χ1) is 5.21. The van der Waals surface area contributed by atoms with Gasteiger partial charge < -0.3 is 0 Å². The number of sulfonamides is 1. The molecule has 0 saturated heterocycles. The molecule has 0 atom stereocenters. The van der Waals surface area contributed by atoms with Gasteiger partial charge in [0.05, 0.1) is 12.0 Å². The van der Waals surface area contributed by atoms with E-state index in [0.29, 0.717) is 0 Å². The molecular formula is C4H11NO5S2. The van der Waals surface area contributed by atoms with Crippen LogP contribution >= 0.6 is 0 Å². The van der Waals surface area contributed by atoms with E-state index in [0.717, 1.165) is 6.26 Å². The lowest BCUT2D eigenvalue weighted by molar-refractivity contribution is 0.480. The van der Waals surface area contributed by atoms with Crippen LogP contribution in [-0.4, -0.2) is 39.9 Å². The van der Waals surface area contributed by atoms with Crippen LogP contribution in [0.4, 0.5) is 0 Å². The fourth-order valence-corrected chi connectivity index (χ4v) is 1.54. The van der Waals surface area contributed by atoms with Gasteiger partial charge >= 0.3 is 0 Å². The fraction of sp³-hybridized carbons (Fsp3) is 1.00. The minimum atomic E-state index is -3.98. The fourth-order valence-electron chi connectivity index (χ4n) is 0.512. The quantitative estimate of drug-likeness (QED) is 0.445. The monoisotopic (exact) mass is 217 g/mol. The first-order valence-electron chi connectivity index (χ1n) is 3.10. The third-order valence-electron chi connectivity index (χ3n) is 0.943. The molecule has 0 unspecified atom stereocenters. The molecule has 0 aromatic rings. The van der Waals surface area contributed by atoms with E-state index in [1.807, 2.05) is 0 Å². The maximum Gasteiger partial charge on any atom is 0.264 e. The van der Waals surface area contributed by atoms with Gasteiger partial charge in [-0.15, -0.1) is 0 Å². The summed E-state index contributed by atoms with van der Waals surface area (Å²) in [6.07, 6.45) is 1.03. The Morgan fingerprint density at radius 3 is 2.08 bits per heavy atom. The lowest BCUT2D eigenvalue weighted by Gasteiger charge is -1.99. The summed E-state index contributed by atoms with van der Waals surface area (Å²) in [6.45, 7) is 0.0125. The average Bonchev–Trinajstić information content (AvgIpc) is 1.76. The summed E-state index contributed by atoms with van der Waals surface area (Å²) in [7, 11) is -7.24. The molecule has 0 aliphatic rings. The Bertz CT molecular complexity index is 281. The lowest BCUT2D eigenvalue weighted by Crippen LogP contribution is -2.24. The zero-order valence-electron chi connectivity index (χ0n) is 6.52. The molecule has 0 amide bonds. The standard InChI is InChI=1S/C4H11NO5S2/c1-11(6,7)5-3-2-4-12(8,9)10/h5H,2-4H2,1H3,(H,8,9,10). The Morgan fingerprint density at radius 1 is 1.25 bits per heavy atom. The van der Waals surface area contributed by atoms with Gasteiger partial charge in [0.2, 0.25) is 10.0 Å². The summed E-state index contributed by atoms with van der Waals surface area (Å²) in [5.41, 5.74) is 0. The predicted octanol–water partition coefficient (Wildman–Crippen LogP) is -1.19. The van der Waals surface area contributed by atoms with Crippen molar-refractivity contribution in [3.05, 3.63) is 0 Å². The molecule has 0 aromatic heterocycles. The van der Waals surface area contributed by atoms with Crippen LogP contribution in [0.25, 0.3) is 0 Å². The van der Waals surface area contributed by atoms with E-state index in [-0.39, 0.29) is 13.0 Å². The molecule has 2 N–H and O–H groups in total. The van der Waals surface area contributed by atoms with Gasteiger partial charge in [0, 0.05) is 6.54 Å². The Labute approximate surface area is 71.8 Å². The topological polar surface area (TPSA) is 101 Å². The SMILES string of the molecule is CS(=O)(=O)NCCCS(=O)(=O)O. The van der Waals surface area contributed by atoms with Crippen LogP contribution in [0, 0.1) is 0 Å². The van der Waals surface area contributed by atoms with Crippen LogP contribution in [0.2, 0.25) is 0 Å². The highest BCUT2D eigenvalue weighted by Gasteiger charge is 2.05. The minimum Gasteiger partial charge on any atom is -0.286 e. The van der Waals surface area contributed by atoms with E-state index >= 15 is 0 Å². The Balaban J connectivity index is 3.62. The van der Waals surface area contributed by atoms with Crippen molar-refractivity contribution in [1.29, 1.82) is 0 Å². The molecule has 0 bridgehead atoms. The smallest absolute Gasteiger partial charge is 0.264 e. The van der Waals surface area contributed by atoms with Crippen molar-refractivity contribution in [2.75, 3.05) is 18.6 Å². The summed E-state index contributed by atoms with van der Waals surface area (Å²) >= 11 is 0. The van der Waals surface area contributed by atoms with Gasteiger partial charge in [0.25, 0.3) is 10.1 Å². The van der Waals surface area contributed by atoms with E-state index in [9.17, 15) is 16.8 Å². The minimum absolute atomic E-state index is 0.0125. The number of hydrogen-bond donors (Lipinski definition) is 2. The highest BCUT2D eigenvalue weighted by atomic mass is 32.2. The van der Waals surface area contributed by atoms with Crippen LogP contribution in [0.15, 0.2) is 0 Å². The first-order valence-corrected chi connectivity index (χ1v) is 6.60. The van der Waals surface area contributed by atoms with Gasteiger partial charge in [0.15, 0.2) is 0 Å². The first kappa shape index (κ1) is 11.8. The van der Waals surface area contributed by atoms with Crippen LogP contribution in [-0.2, 0) is 20.1 Å². The van der Waals surface area contributed by atoms with Crippen LogP contribution in [0.5, 0.6) is 0 Å². The van der Waals surface area contributed by atoms with E-state index < -0.39 is 25.9 Å². The Hall–Kier alpha value is -0.180. The number of nitrogens with one attached hydrogen (secondary N) is 1. The molecule has 0 spiro atoms. The van der Waals surface area contributed by atoms with E-state index in [2.05, 4.69) is 4.72 Å². The Kier molecular flexibility index (Phi) is 4.11. The molecule has 0 saturated carbocycles. The van der Waals surface area contributed by atoms with Gasteiger partial charge in [-0.1, -0.05) is 0 Å². The molecule has 0 heterocycles. The summed E-state index contributed by atoms with van der Waals surface area (Å²) in [6, 6.07) is 0. The Morgan fingerprint density at radius 2 is 1.75 bits per heavy atom. The van der Waals surface area contributed by atoms with Gasteiger partial charge in [-0.05, 0) is 6.42 Å². The molecule has 12 heavy (non-hydrogen) atoms. The van der Waals surface area contributed by atoms with E-state index in [4.69, 9.17) is 4.55 Å². The molecule has 74 valence electrons. The van der Waals surface area contributed by atoms with E-state index in [1.54, 1.807) is 0 Å². The molecule has 0 aliphatic heterocycles. The van der Waals surface area contributed by atoms with Crippen molar-refractivity contribution < 1.29 is 21.4 Å². The van der Waals surface area contributed by atoms with Gasteiger partial charge in [-0.2, -0.15) is 8.42 Å². The second-order valence-corrected chi connectivity index (χ2v) is 5.71. The second-order valence-electron chi connectivity index (χ2n) is 2.31. The average molecular weight is 217 g/mol. The summed E-state index contributed by atoms with van der Waals surface area (Å²) in [5, 5.41) is 0. The second kappa shape index (κ2) is 4.17. The number of rotatable bonds is 5. The summed E-state index contributed by atoms with van der Waals surface area (Å²) in [4.78, 5) is 0. The predicted molar refractivity (Wildman–Crippen MR) is 43.9 cm³/mol. The van der Waals surface area contributed by atoms with Crippen LogP contribution in [0.3, 0.4) is 0 Å². The van der Waals surface area contributed by atoms with Crippen LogP contribution < -0.4 is 4.72 Å². The molecule has 0 radical (unpaired) electrons. The van der Waals surface area contributed by atoms with Crippen molar-refractivity contribution in [3.63, 3.8) is 0 Å². The van der Waals surface area contributed by atoms with Crippen molar-refractivity contribution in [1.82, 2.24) is 4.72 Å². The maximum absolute atomic E-state index is 10.4. The normalized spacial score (nSPS) is 13.2. The summed E-state index contributed by atoms with van der Waals surface area (Å²) in [5.74, 6) is -0.435. The van der Waals surface area contributed by atoms with Crippen molar-refractivity contribution >= 4 is 20.1 Å². The third kappa shape index (κ3) is 9.82. The lowest BCUT2D eigenvalue weighted by atomic mass is 10.5. The van der Waals surface area contributed by atoms with Crippen molar-refractivity contribution in [2.45, 2.75) is 6.42 Å². The van der Waals surface area contributed by atoms with Gasteiger partial charge in [-0.3, -0.25) is 4.55 Å². The molecule has 8 heteroatoms. The molecule has 0 fully saturated rings. The third-order valence-corrected chi connectivity index (χ3v) is 2.48. The van der Waals surface area contributed by atoms with Gasteiger partial charge in [-0.25, -0.2) is 13.1 Å². The summed E-state index contributed by atoms with van der Waals surface area (Å²) < 4.78 is 51.5. The highest BCUT2D eigenvalue weighted by Crippen LogP contribution is 1.87.